The van der Waals surface area contributed by atoms with Crippen LogP contribution in [-0.2, 0) is 15.1 Å². The molecular formula is C12H19NOS. The molecule has 0 fully saturated rings. The third kappa shape index (κ3) is 3.96. The molecule has 0 aliphatic heterocycles. The van der Waals surface area contributed by atoms with Gasteiger partial charge < -0.3 is 4.72 Å². The summed E-state index contributed by atoms with van der Waals surface area (Å²) in [6.07, 6.45) is 1.59. The van der Waals surface area contributed by atoms with Crippen LogP contribution in [0, 0.1) is 0 Å². The molecule has 0 saturated carbocycles. The van der Waals surface area contributed by atoms with Crippen LogP contribution in [0.15, 0.2) is 24.3 Å². The Hall–Kier alpha value is -0.960. The Kier molecular flexibility index (Phi) is 3.14. The van der Waals surface area contributed by atoms with Crippen molar-refractivity contribution in [1.29, 1.82) is 0 Å². The lowest BCUT2D eigenvalue weighted by atomic mass is 9.87. The van der Waals surface area contributed by atoms with Crippen molar-refractivity contribution in [3.05, 3.63) is 29.8 Å². The first-order valence-electron chi connectivity index (χ1n) is 4.89. The van der Waals surface area contributed by atoms with Crippen molar-refractivity contribution in [2.75, 3.05) is 11.0 Å². The summed E-state index contributed by atoms with van der Waals surface area (Å²) in [7, 11) is -2.18. The lowest BCUT2D eigenvalue weighted by Gasteiger charge is -2.19. The van der Waals surface area contributed by atoms with E-state index < -0.39 is 9.71 Å². The van der Waals surface area contributed by atoms with Gasteiger partial charge in [0.15, 0.2) is 0 Å². The summed E-state index contributed by atoms with van der Waals surface area (Å²) >= 11 is 0. The highest BCUT2D eigenvalue weighted by atomic mass is 32.2. The zero-order valence-corrected chi connectivity index (χ0v) is 10.6. The summed E-state index contributed by atoms with van der Waals surface area (Å²) in [4.78, 5) is 0. The topological polar surface area (TPSA) is 29.1 Å². The van der Waals surface area contributed by atoms with E-state index in [0.29, 0.717) is 0 Å². The number of anilines is 1. The van der Waals surface area contributed by atoms with Gasteiger partial charge in [0.1, 0.15) is 0 Å². The molecule has 1 N–H and O–H groups in total. The maximum atomic E-state index is 11.4. The maximum absolute atomic E-state index is 11.4. The highest BCUT2D eigenvalue weighted by Crippen LogP contribution is 2.23. The first-order valence-corrected chi connectivity index (χ1v) is 7.02. The molecule has 1 rings (SSSR count). The van der Waals surface area contributed by atoms with E-state index >= 15 is 0 Å². The van der Waals surface area contributed by atoms with Gasteiger partial charge in [-0.3, -0.25) is 0 Å². The van der Waals surface area contributed by atoms with E-state index in [4.69, 9.17) is 0 Å². The van der Waals surface area contributed by atoms with E-state index in [9.17, 15) is 4.21 Å². The number of nitrogens with one attached hydrogen (secondary N) is 1. The van der Waals surface area contributed by atoms with Crippen molar-refractivity contribution in [3.63, 3.8) is 0 Å². The quantitative estimate of drug-likeness (QED) is 0.770. The second-order valence-corrected chi connectivity index (χ2v) is 7.15. The van der Waals surface area contributed by atoms with Crippen molar-refractivity contribution in [2.24, 2.45) is 0 Å². The summed E-state index contributed by atoms with van der Waals surface area (Å²) in [6.45, 7) is 6.50. The highest BCUT2D eigenvalue weighted by Gasteiger charge is 2.12. The predicted octanol–water partition coefficient (Wildman–Crippen LogP) is 2.66. The van der Waals surface area contributed by atoms with E-state index in [1.165, 1.54) is 5.56 Å². The Labute approximate surface area is 92.9 Å². The lowest BCUT2D eigenvalue weighted by Crippen LogP contribution is -2.12. The van der Waals surface area contributed by atoms with Crippen molar-refractivity contribution in [3.8, 4) is 0 Å². The van der Waals surface area contributed by atoms with E-state index in [1.807, 2.05) is 24.3 Å². The molecule has 3 heteroatoms. The Morgan fingerprint density at radius 3 is 2.00 bits per heavy atom. The van der Waals surface area contributed by atoms with Crippen LogP contribution in [0.25, 0.3) is 0 Å². The SMILES string of the molecule is C=S(C)(=O)Nc1ccc(C(C)(C)C)cc1. The summed E-state index contributed by atoms with van der Waals surface area (Å²) in [5.74, 6) is 3.55. The average Bonchev–Trinajstić information content (AvgIpc) is 2.00. The molecule has 1 atom stereocenters. The molecule has 0 amide bonds. The Morgan fingerprint density at radius 1 is 1.20 bits per heavy atom. The molecule has 0 aromatic heterocycles. The lowest BCUT2D eigenvalue weighted by molar-refractivity contribution is 0.590. The Balaban J connectivity index is 2.91. The molecule has 15 heavy (non-hydrogen) atoms. The van der Waals surface area contributed by atoms with Gasteiger partial charge in [0.05, 0.1) is 0 Å². The normalized spacial score (nSPS) is 15.7. The molecule has 1 unspecified atom stereocenters. The average molecular weight is 225 g/mol. The fourth-order valence-corrected chi connectivity index (χ4v) is 1.92. The summed E-state index contributed by atoms with van der Waals surface area (Å²) < 4.78 is 14.3. The summed E-state index contributed by atoms with van der Waals surface area (Å²) in [5.41, 5.74) is 2.27. The van der Waals surface area contributed by atoms with E-state index in [0.717, 1.165) is 5.69 Å². The molecule has 0 bridgehead atoms. The Morgan fingerprint density at radius 2 is 1.67 bits per heavy atom. The van der Waals surface area contributed by atoms with Gasteiger partial charge in [-0.05, 0) is 29.0 Å². The first kappa shape index (κ1) is 12.1. The van der Waals surface area contributed by atoms with Gasteiger partial charge in [0, 0.05) is 21.7 Å². The van der Waals surface area contributed by atoms with Crippen molar-refractivity contribution in [2.45, 2.75) is 26.2 Å². The van der Waals surface area contributed by atoms with Gasteiger partial charge in [-0.1, -0.05) is 32.9 Å². The van der Waals surface area contributed by atoms with Gasteiger partial charge in [-0.25, -0.2) is 4.21 Å². The van der Waals surface area contributed by atoms with Gasteiger partial charge in [-0.2, -0.15) is 0 Å². The molecule has 1 aromatic carbocycles. The maximum Gasteiger partial charge on any atom is 0.0456 e. The molecule has 0 radical (unpaired) electrons. The molecule has 0 saturated heterocycles. The minimum absolute atomic E-state index is 0.149. The molecule has 0 spiro atoms. The number of hydrogen-bond acceptors (Lipinski definition) is 1. The summed E-state index contributed by atoms with van der Waals surface area (Å²) in [5, 5.41) is 0. The third-order valence-corrected chi connectivity index (χ3v) is 2.75. The molecule has 84 valence electrons. The number of hydrogen-bond donors (Lipinski definition) is 1. The third-order valence-electron chi connectivity index (χ3n) is 2.08. The molecule has 0 aliphatic rings. The number of rotatable bonds is 2. The molecule has 2 nitrogen and oxygen atoms in total. The van der Waals surface area contributed by atoms with Gasteiger partial charge >= 0.3 is 0 Å². The highest BCUT2D eigenvalue weighted by molar-refractivity contribution is 8.00. The van der Waals surface area contributed by atoms with Gasteiger partial charge in [0.25, 0.3) is 0 Å². The second kappa shape index (κ2) is 3.89. The first-order chi connectivity index (χ1) is 6.68. The largest absolute Gasteiger partial charge is 0.313 e. The minimum Gasteiger partial charge on any atom is -0.313 e. The number of benzene rings is 1. The van der Waals surface area contributed by atoms with Crippen LogP contribution < -0.4 is 4.72 Å². The van der Waals surface area contributed by atoms with Crippen molar-refractivity contribution < 1.29 is 4.21 Å². The van der Waals surface area contributed by atoms with Crippen LogP contribution in [-0.4, -0.2) is 16.3 Å². The van der Waals surface area contributed by atoms with Gasteiger partial charge in [0.2, 0.25) is 0 Å². The van der Waals surface area contributed by atoms with E-state index in [2.05, 4.69) is 31.4 Å². The van der Waals surface area contributed by atoms with E-state index in [1.54, 1.807) is 6.26 Å². The van der Waals surface area contributed by atoms with Crippen LogP contribution in [0.5, 0.6) is 0 Å². The second-order valence-electron chi connectivity index (χ2n) is 4.93. The summed E-state index contributed by atoms with van der Waals surface area (Å²) in [6, 6.07) is 7.98. The van der Waals surface area contributed by atoms with Crippen LogP contribution in [0.4, 0.5) is 5.69 Å². The predicted molar refractivity (Wildman–Crippen MR) is 70.0 cm³/mol. The van der Waals surface area contributed by atoms with Crippen LogP contribution >= 0.6 is 0 Å². The molecule has 0 aliphatic carbocycles. The zero-order chi connectivity index (χ0) is 11.7. The van der Waals surface area contributed by atoms with E-state index in [-0.39, 0.29) is 5.41 Å². The van der Waals surface area contributed by atoms with Gasteiger partial charge in [-0.15, -0.1) is 0 Å². The van der Waals surface area contributed by atoms with Crippen molar-refractivity contribution in [1.82, 2.24) is 0 Å². The Bertz CT molecular complexity index is 424. The monoisotopic (exact) mass is 225 g/mol. The standard InChI is InChI=1S/C12H19NOS/c1-12(2,3)10-6-8-11(9-7-10)13-15(4,5)14/h6-9H,4H2,1-3,5H3,(H,13,14). The van der Waals surface area contributed by atoms with Crippen LogP contribution in [0.3, 0.4) is 0 Å². The molecular weight excluding hydrogens is 206 g/mol. The zero-order valence-electron chi connectivity index (χ0n) is 9.83. The fourth-order valence-electron chi connectivity index (χ4n) is 1.29. The molecule has 1 aromatic rings. The smallest absolute Gasteiger partial charge is 0.0456 e. The van der Waals surface area contributed by atoms with Crippen LogP contribution in [0.1, 0.15) is 26.3 Å². The van der Waals surface area contributed by atoms with Crippen molar-refractivity contribution >= 4 is 21.3 Å². The molecule has 0 heterocycles. The van der Waals surface area contributed by atoms with Crippen LogP contribution in [0.2, 0.25) is 0 Å². The fraction of sp³-hybridized carbons (Fsp3) is 0.417. The minimum atomic E-state index is -2.18.